The van der Waals surface area contributed by atoms with Gasteiger partial charge in [0.25, 0.3) is 0 Å². The molecule has 0 amide bonds. The minimum atomic E-state index is -1.12. The fourth-order valence-electron chi connectivity index (χ4n) is 0.810. The summed E-state index contributed by atoms with van der Waals surface area (Å²) < 4.78 is 12.3. The Bertz CT molecular complexity index is 134. The molecule has 0 radical (unpaired) electrons. The first-order valence-electron chi connectivity index (χ1n) is 3.04. The Hall–Kier alpha value is -0.680. The van der Waals surface area contributed by atoms with Crippen molar-refractivity contribution < 1.29 is 14.3 Å². The molecule has 2 atom stereocenters. The summed E-state index contributed by atoms with van der Waals surface area (Å²) in [5.41, 5.74) is 0. The first-order chi connectivity index (χ1) is 4.70. The van der Waals surface area contributed by atoms with E-state index in [1.165, 1.54) is 0 Å². The van der Waals surface area contributed by atoms with Crippen LogP contribution in [0.1, 0.15) is 0 Å². The zero-order valence-electron chi connectivity index (χ0n) is 5.30. The molecule has 58 valence electrons. The average Bonchev–Trinajstić information content (AvgIpc) is 1.88. The molecule has 1 aliphatic heterocycles. The number of hydrogen-bond donors (Lipinski definition) is 3. The summed E-state index contributed by atoms with van der Waals surface area (Å²) >= 11 is 0. The molecule has 4 nitrogen and oxygen atoms in total. The first-order valence-corrected chi connectivity index (χ1v) is 3.04. The van der Waals surface area contributed by atoms with Gasteiger partial charge in [-0.25, -0.2) is 4.39 Å². The molecule has 1 aliphatic rings. The summed E-state index contributed by atoms with van der Waals surface area (Å²) in [6, 6.07) is -0.646. The third-order valence-corrected chi connectivity index (χ3v) is 1.39. The molecule has 0 aromatic heterocycles. The molecule has 0 aliphatic carbocycles. The van der Waals surface area contributed by atoms with Gasteiger partial charge in [0.15, 0.2) is 6.30 Å². The van der Waals surface area contributed by atoms with Gasteiger partial charge in [0.2, 0.25) is 0 Å². The van der Waals surface area contributed by atoms with Crippen LogP contribution in [0, 0.1) is 0 Å². The van der Waals surface area contributed by atoms with E-state index in [2.05, 4.69) is 10.6 Å². The van der Waals surface area contributed by atoms with Crippen molar-refractivity contribution >= 4 is 5.97 Å². The van der Waals surface area contributed by atoms with Gasteiger partial charge in [-0.05, 0) is 0 Å². The second-order valence-corrected chi connectivity index (χ2v) is 2.17. The summed E-state index contributed by atoms with van der Waals surface area (Å²) in [6.07, 6.45) is -1.12. The number of carboxylic acids is 1. The van der Waals surface area contributed by atoms with E-state index in [1.807, 2.05) is 0 Å². The summed E-state index contributed by atoms with van der Waals surface area (Å²) in [5, 5.41) is 13.3. The smallest absolute Gasteiger partial charge is 0.322 e. The Morgan fingerprint density at radius 2 is 2.20 bits per heavy atom. The molecular formula is C5H9FN2O2. The van der Waals surface area contributed by atoms with Gasteiger partial charge in [0.05, 0.1) is 0 Å². The Morgan fingerprint density at radius 3 is 2.60 bits per heavy atom. The standard InChI is InChI=1S/C5H9FN2O2/c6-4-2-7-3(1-8-4)5(9)10/h3-4,7-8H,1-2H2,(H,9,10). The largest absolute Gasteiger partial charge is 0.480 e. The summed E-state index contributed by atoms with van der Waals surface area (Å²) in [7, 11) is 0. The lowest BCUT2D eigenvalue weighted by atomic mass is 10.2. The third-order valence-electron chi connectivity index (χ3n) is 1.39. The van der Waals surface area contributed by atoms with Gasteiger partial charge in [-0.3, -0.25) is 15.4 Å². The van der Waals surface area contributed by atoms with E-state index in [0.717, 1.165) is 0 Å². The van der Waals surface area contributed by atoms with Crippen LogP contribution in [0.5, 0.6) is 0 Å². The molecule has 0 spiro atoms. The van der Waals surface area contributed by atoms with Crippen LogP contribution in [0.3, 0.4) is 0 Å². The Balaban J connectivity index is 2.33. The SMILES string of the molecule is O=C(O)C1CNC(F)CN1. The highest BCUT2D eigenvalue weighted by Gasteiger charge is 2.23. The maximum atomic E-state index is 12.3. The van der Waals surface area contributed by atoms with Gasteiger partial charge in [0.1, 0.15) is 6.04 Å². The molecule has 1 saturated heterocycles. The molecule has 2 unspecified atom stereocenters. The number of piperazine rings is 1. The number of nitrogens with one attached hydrogen (secondary N) is 2. The van der Waals surface area contributed by atoms with Gasteiger partial charge < -0.3 is 5.11 Å². The van der Waals surface area contributed by atoms with Crippen LogP contribution in [0.4, 0.5) is 4.39 Å². The quantitative estimate of drug-likeness (QED) is 0.414. The molecule has 1 rings (SSSR count). The lowest BCUT2D eigenvalue weighted by Gasteiger charge is -2.23. The second kappa shape index (κ2) is 2.94. The van der Waals surface area contributed by atoms with E-state index in [9.17, 15) is 9.18 Å². The van der Waals surface area contributed by atoms with Crippen molar-refractivity contribution in [1.29, 1.82) is 0 Å². The number of hydrogen-bond acceptors (Lipinski definition) is 3. The third kappa shape index (κ3) is 1.65. The van der Waals surface area contributed by atoms with Crippen LogP contribution < -0.4 is 10.6 Å². The molecule has 0 saturated carbocycles. The topological polar surface area (TPSA) is 61.4 Å². The number of carboxylic acid groups (broad SMARTS) is 1. The molecule has 3 N–H and O–H groups in total. The van der Waals surface area contributed by atoms with E-state index < -0.39 is 18.3 Å². The van der Waals surface area contributed by atoms with Crippen molar-refractivity contribution in [1.82, 2.24) is 10.6 Å². The van der Waals surface area contributed by atoms with E-state index in [0.29, 0.717) is 0 Å². The van der Waals surface area contributed by atoms with E-state index in [4.69, 9.17) is 5.11 Å². The molecule has 1 heterocycles. The number of aliphatic carboxylic acids is 1. The van der Waals surface area contributed by atoms with E-state index in [1.54, 1.807) is 0 Å². The monoisotopic (exact) mass is 148 g/mol. The highest BCUT2D eigenvalue weighted by atomic mass is 19.1. The van der Waals surface area contributed by atoms with Crippen molar-refractivity contribution in [3.8, 4) is 0 Å². The van der Waals surface area contributed by atoms with E-state index in [-0.39, 0.29) is 13.1 Å². The van der Waals surface area contributed by atoms with Crippen LogP contribution in [0.25, 0.3) is 0 Å². The van der Waals surface area contributed by atoms with Gasteiger partial charge in [-0.1, -0.05) is 0 Å². The van der Waals surface area contributed by atoms with Crippen LogP contribution in [0.2, 0.25) is 0 Å². The van der Waals surface area contributed by atoms with Crippen LogP contribution >= 0.6 is 0 Å². The number of rotatable bonds is 1. The molecule has 1 fully saturated rings. The lowest BCUT2D eigenvalue weighted by Crippen LogP contribution is -2.55. The second-order valence-electron chi connectivity index (χ2n) is 2.17. The normalized spacial score (nSPS) is 33.7. The van der Waals surface area contributed by atoms with Gasteiger partial charge in [-0.15, -0.1) is 0 Å². The molecule has 0 aromatic carbocycles. The van der Waals surface area contributed by atoms with Crippen LogP contribution in [-0.2, 0) is 4.79 Å². The maximum absolute atomic E-state index is 12.3. The first kappa shape index (κ1) is 7.43. The maximum Gasteiger partial charge on any atom is 0.322 e. The Kier molecular flexibility index (Phi) is 2.18. The molecule has 0 bridgehead atoms. The Morgan fingerprint density at radius 1 is 1.50 bits per heavy atom. The van der Waals surface area contributed by atoms with E-state index >= 15 is 0 Å². The highest BCUT2D eigenvalue weighted by molar-refractivity contribution is 5.73. The van der Waals surface area contributed by atoms with Crippen LogP contribution in [-0.4, -0.2) is 36.5 Å². The van der Waals surface area contributed by atoms with Crippen molar-refractivity contribution in [3.05, 3.63) is 0 Å². The molecule has 5 heteroatoms. The lowest BCUT2D eigenvalue weighted by molar-refractivity contribution is -0.140. The summed E-state index contributed by atoms with van der Waals surface area (Å²) in [6.45, 7) is 0.216. The predicted octanol–water partition coefficient (Wildman–Crippen LogP) is -1.07. The fourth-order valence-corrected chi connectivity index (χ4v) is 0.810. The highest BCUT2D eigenvalue weighted by Crippen LogP contribution is 1.93. The average molecular weight is 148 g/mol. The van der Waals surface area contributed by atoms with Crippen molar-refractivity contribution in [2.24, 2.45) is 0 Å². The van der Waals surface area contributed by atoms with Gasteiger partial charge in [0, 0.05) is 13.1 Å². The fraction of sp³-hybridized carbons (Fsp3) is 0.800. The zero-order valence-corrected chi connectivity index (χ0v) is 5.30. The molecule has 0 aromatic rings. The minimum absolute atomic E-state index is 0.0664. The molecular weight excluding hydrogens is 139 g/mol. The van der Waals surface area contributed by atoms with Crippen molar-refractivity contribution in [3.63, 3.8) is 0 Å². The molecule has 10 heavy (non-hydrogen) atoms. The number of halogens is 1. The zero-order chi connectivity index (χ0) is 7.56. The Labute approximate surface area is 57.4 Å². The minimum Gasteiger partial charge on any atom is -0.480 e. The van der Waals surface area contributed by atoms with Gasteiger partial charge in [-0.2, -0.15) is 0 Å². The van der Waals surface area contributed by atoms with Crippen molar-refractivity contribution in [2.75, 3.05) is 13.1 Å². The summed E-state index contributed by atoms with van der Waals surface area (Å²) in [4.78, 5) is 10.2. The van der Waals surface area contributed by atoms with Gasteiger partial charge >= 0.3 is 5.97 Å². The van der Waals surface area contributed by atoms with Crippen LogP contribution in [0.15, 0.2) is 0 Å². The number of alkyl halides is 1. The van der Waals surface area contributed by atoms with Crippen molar-refractivity contribution in [2.45, 2.75) is 12.3 Å². The number of carbonyl (C=O) groups is 1. The predicted molar refractivity (Wildman–Crippen MR) is 32.3 cm³/mol. The summed E-state index contributed by atoms with van der Waals surface area (Å²) in [5.74, 6) is -0.945.